The van der Waals surface area contributed by atoms with Crippen molar-refractivity contribution in [1.82, 2.24) is 0 Å². The first-order chi connectivity index (χ1) is 11.1. The summed E-state index contributed by atoms with van der Waals surface area (Å²) in [4.78, 5) is 23.1. The molecule has 9 heteroatoms. The van der Waals surface area contributed by atoms with Crippen LogP contribution in [0.15, 0.2) is 24.3 Å². The SMILES string of the molecule is C.C.C.C.C.C.C=C(C)C(=O)OC[Si](C)(C)O[Si](C)(C)O[Si](C)(C)COC(=O)C(=C)C. The van der Waals surface area contributed by atoms with Crippen LogP contribution in [0.4, 0.5) is 0 Å². The molecule has 0 aromatic carbocycles. The van der Waals surface area contributed by atoms with Crippen molar-refractivity contribution in [1.29, 1.82) is 0 Å². The Labute approximate surface area is 198 Å². The van der Waals surface area contributed by atoms with Crippen molar-refractivity contribution in [2.45, 2.75) is 97.7 Å². The molecular formula is C22H56O6Si3. The molecule has 192 valence electrons. The van der Waals surface area contributed by atoms with Gasteiger partial charge in [0.05, 0.1) is 0 Å². The summed E-state index contributed by atoms with van der Waals surface area (Å²) in [6.45, 7) is 22.2. The molecule has 0 rings (SSSR count). The van der Waals surface area contributed by atoms with E-state index in [1.54, 1.807) is 13.8 Å². The number of hydrogen-bond donors (Lipinski definition) is 0. The van der Waals surface area contributed by atoms with Gasteiger partial charge in [0.1, 0.15) is 12.5 Å². The maximum absolute atomic E-state index is 11.6. The fourth-order valence-corrected chi connectivity index (χ4v) is 14.8. The molecule has 0 aromatic rings. The van der Waals surface area contributed by atoms with Crippen molar-refractivity contribution in [3.63, 3.8) is 0 Å². The molecule has 0 atom stereocenters. The number of hydrogen-bond acceptors (Lipinski definition) is 6. The molecule has 0 fully saturated rings. The zero-order valence-electron chi connectivity index (χ0n) is 16.8. The van der Waals surface area contributed by atoms with E-state index in [4.69, 9.17) is 17.7 Å². The van der Waals surface area contributed by atoms with Crippen LogP contribution in [-0.2, 0) is 27.3 Å². The number of esters is 2. The van der Waals surface area contributed by atoms with E-state index >= 15 is 0 Å². The Hall–Kier alpha value is -1.01. The lowest BCUT2D eigenvalue weighted by Crippen LogP contribution is -2.55. The van der Waals surface area contributed by atoms with E-state index in [1.165, 1.54) is 0 Å². The summed E-state index contributed by atoms with van der Waals surface area (Å²) in [5.74, 6) is -0.822. The van der Waals surface area contributed by atoms with Crippen molar-refractivity contribution in [3.05, 3.63) is 24.3 Å². The fourth-order valence-electron chi connectivity index (χ4n) is 2.14. The molecular weight excluding hydrogens is 444 g/mol. The summed E-state index contributed by atoms with van der Waals surface area (Å²) in [6, 6.07) is 0. The molecule has 0 heterocycles. The smallest absolute Gasteiger partial charge is 0.332 e. The lowest BCUT2D eigenvalue weighted by molar-refractivity contribution is -0.138. The Morgan fingerprint density at radius 2 is 0.839 bits per heavy atom. The van der Waals surface area contributed by atoms with E-state index in [1.807, 2.05) is 39.3 Å². The molecule has 6 nitrogen and oxygen atoms in total. The molecule has 0 aliphatic heterocycles. The van der Waals surface area contributed by atoms with E-state index in [2.05, 4.69) is 13.2 Å². The fraction of sp³-hybridized carbons (Fsp3) is 0.727. The number of ether oxygens (including phenoxy) is 2. The quantitative estimate of drug-likeness (QED) is 0.178. The van der Waals surface area contributed by atoms with Gasteiger partial charge in [0.15, 0.2) is 0 Å². The Balaban J connectivity index is -0.000000192. The molecule has 0 aliphatic rings. The summed E-state index contributed by atoms with van der Waals surface area (Å²) in [7, 11) is -6.99. The summed E-state index contributed by atoms with van der Waals surface area (Å²) in [6.07, 6.45) is 0.482. The third-order valence-corrected chi connectivity index (χ3v) is 12.9. The monoisotopic (exact) mass is 500 g/mol. The second-order valence-electron chi connectivity index (χ2n) is 7.84. The Morgan fingerprint density at radius 1 is 0.613 bits per heavy atom. The second kappa shape index (κ2) is 18.6. The van der Waals surface area contributed by atoms with Gasteiger partial charge in [-0.15, -0.1) is 0 Å². The van der Waals surface area contributed by atoms with Gasteiger partial charge in [-0.25, -0.2) is 9.59 Å². The highest BCUT2D eigenvalue weighted by molar-refractivity contribution is 6.87. The molecule has 0 aromatic heterocycles. The molecule has 0 aliphatic carbocycles. The van der Waals surface area contributed by atoms with Gasteiger partial charge in [-0.05, 0) is 53.1 Å². The van der Waals surface area contributed by atoms with Gasteiger partial charge >= 0.3 is 20.5 Å². The van der Waals surface area contributed by atoms with E-state index < -0.39 is 37.1 Å². The van der Waals surface area contributed by atoms with Crippen LogP contribution in [0.2, 0.25) is 39.3 Å². The van der Waals surface area contributed by atoms with Gasteiger partial charge in [0.2, 0.25) is 16.6 Å². The normalized spacial score (nSPS) is 10.1. The predicted molar refractivity (Wildman–Crippen MR) is 147 cm³/mol. The van der Waals surface area contributed by atoms with Crippen molar-refractivity contribution in [3.8, 4) is 0 Å². The first kappa shape index (κ1) is 47.7. The van der Waals surface area contributed by atoms with Crippen LogP contribution in [0.1, 0.15) is 58.4 Å². The maximum Gasteiger partial charge on any atom is 0.332 e. The zero-order valence-corrected chi connectivity index (χ0v) is 19.8. The molecule has 31 heavy (non-hydrogen) atoms. The third kappa shape index (κ3) is 22.0. The molecule has 0 radical (unpaired) electrons. The van der Waals surface area contributed by atoms with Crippen molar-refractivity contribution < 1.29 is 27.3 Å². The minimum absolute atomic E-state index is 0. The van der Waals surface area contributed by atoms with Crippen LogP contribution >= 0.6 is 0 Å². The van der Waals surface area contributed by atoms with E-state index in [0.29, 0.717) is 11.1 Å². The number of carbonyl (C=O) groups is 2. The van der Waals surface area contributed by atoms with E-state index in [9.17, 15) is 9.59 Å². The van der Waals surface area contributed by atoms with Crippen LogP contribution in [-0.4, -0.2) is 49.6 Å². The summed E-state index contributed by atoms with van der Waals surface area (Å²) in [5.41, 5.74) is 0.732. The highest BCUT2D eigenvalue weighted by Crippen LogP contribution is 2.21. The minimum Gasteiger partial charge on any atom is -0.463 e. The van der Waals surface area contributed by atoms with Gasteiger partial charge < -0.3 is 17.7 Å². The van der Waals surface area contributed by atoms with Crippen molar-refractivity contribution >= 4 is 37.1 Å². The predicted octanol–water partition coefficient (Wildman–Crippen LogP) is 7.27. The average molecular weight is 501 g/mol. The highest BCUT2D eigenvalue weighted by Gasteiger charge is 2.41. The largest absolute Gasteiger partial charge is 0.463 e. The van der Waals surface area contributed by atoms with Gasteiger partial charge in [-0.3, -0.25) is 0 Å². The molecule has 0 amide bonds. The van der Waals surface area contributed by atoms with Crippen LogP contribution in [0, 0.1) is 0 Å². The molecule has 0 N–H and O–H groups in total. The minimum atomic E-state index is -2.48. The van der Waals surface area contributed by atoms with Crippen LogP contribution in [0.5, 0.6) is 0 Å². The molecule has 0 unspecified atom stereocenters. The standard InChI is InChI=1S/C16H32O6Si3.6CH4/c1-13(2)15(17)19-11-23(5,6)21-25(9,10)22-24(7,8)12-20-16(18)14(3)4;;;;;;/h1,3,11-12H2,2,4-10H3;6*1H4. The molecule has 0 saturated carbocycles. The van der Waals surface area contributed by atoms with Gasteiger partial charge in [0, 0.05) is 11.1 Å². The first-order valence-electron chi connectivity index (χ1n) is 8.12. The van der Waals surface area contributed by atoms with Gasteiger partial charge in [-0.2, -0.15) is 0 Å². The van der Waals surface area contributed by atoms with Crippen LogP contribution in [0.3, 0.4) is 0 Å². The number of carbonyl (C=O) groups excluding carboxylic acids is 2. The first-order valence-corrected chi connectivity index (χ1v) is 17.2. The van der Waals surface area contributed by atoms with Crippen molar-refractivity contribution in [2.24, 2.45) is 0 Å². The van der Waals surface area contributed by atoms with Crippen LogP contribution < -0.4 is 0 Å². The Morgan fingerprint density at radius 3 is 1.03 bits per heavy atom. The maximum atomic E-state index is 11.6. The van der Waals surface area contributed by atoms with Crippen LogP contribution in [0.25, 0.3) is 0 Å². The summed E-state index contributed by atoms with van der Waals surface area (Å²) in [5, 5.41) is 0. The molecule has 0 bridgehead atoms. The average Bonchev–Trinajstić information content (AvgIpc) is 2.39. The lowest BCUT2D eigenvalue weighted by Gasteiger charge is -2.38. The summed E-state index contributed by atoms with van der Waals surface area (Å²) < 4.78 is 23.0. The molecule has 0 saturated heterocycles. The van der Waals surface area contributed by atoms with E-state index in [0.717, 1.165) is 0 Å². The molecule has 0 spiro atoms. The van der Waals surface area contributed by atoms with Crippen molar-refractivity contribution in [2.75, 3.05) is 12.5 Å². The second-order valence-corrected chi connectivity index (χ2v) is 19.9. The third-order valence-electron chi connectivity index (χ3n) is 2.84. The van der Waals surface area contributed by atoms with E-state index in [-0.39, 0.29) is 57.0 Å². The Kier molecular flexibility index (Phi) is 28.5. The highest BCUT2D eigenvalue weighted by atomic mass is 28.5. The summed E-state index contributed by atoms with van der Waals surface area (Å²) >= 11 is 0. The lowest BCUT2D eigenvalue weighted by atomic mass is 10.4. The van der Waals surface area contributed by atoms with Gasteiger partial charge in [-0.1, -0.05) is 57.7 Å². The van der Waals surface area contributed by atoms with Gasteiger partial charge in [0.25, 0.3) is 0 Å². The zero-order chi connectivity index (χ0) is 20.1. The Bertz CT molecular complexity index is 497. The topological polar surface area (TPSA) is 71.1 Å². The number of rotatable bonds is 10.